The molecule has 0 radical (unpaired) electrons. The van der Waals surface area contributed by atoms with Crippen LogP contribution in [0.25, 0.3) is 0 Å². The Kier molecular flexibility index (Phi) is 14.2. The summed E-state index contributed by atoms with van der Waals surface area (Å²) in [5.41, 5.74) is -3.65. The molecule has 1 unspecified atom stereocenters. The number of halogens is 2. The molecule has 0 aromatic rings. The average molecular weight is 477 g/mol. The van der Waals surface area contributed by atoms with Crippen molar-refractivity contribution in [2.24, 2.45) is 17.8 Å². The van der Waals surface area contributed by atoms with Crippen molar-refractivity contribution in [1.82, 2.24) is 0 Å². The molecule has 0 aliphatic carbocycles. The molecular formula is C19H35F2O5PS2. The van der Waals surface area contributed by atoms with Crippen LogP contribution in [0.4, 0.5) is 8.78 Å². The molecule has 0 aromatic carbocycles. The third-order valence-corrected chi connectivity index (χ3v) is 7.87. The number of carbonyl (C=O) groups is 2. The van der Waals surface area contributed by atoms with Crippen molar-refractivity contribution in [2.75, 3.05) is 24.7 Å². The van der Waals surface area contributed by atoms with Crippen LogP contribution in [0, 0.1) is 17.8 Å². The average Bonchev–Trinajstić information content (AvgIpc) is 2.60. The van der Waals surface area contributed by atoms with Crippen molar-refractivity contribution in [2.45, 2.75) is 66.5 Å². The highest BCUT2D eigenvalue weighted by atomic mass is 32.2. The van der Waals surface area contributed by atoms with Gasteiger partial charge in [-0.05, 0) is 18.3 Å². The van der Waals surface area contributed by atoms with E-state index in [9.17, 15) is 22.9 Å². The van der Waals surface area contributed by atoms with Crippen LogP contribution in [-0.2, 0) is 23.2 Å². The molecule has 0 fully saturated rings. The summed E-state index contributed by atoms with van der Waals surface area (Å²) in [4.78, 5) is 23.4. The maximum atomic E-state index is 14.7. The summed E-state index contributed by atoms with van der Waals surface area (Å²) in [5, 5.41) is -0.124. The number of carbonyl (C=O) groups excluding carboxylic acids is 2. The lowest BCUT2D eigenvalue weighted by Crippen LogP contribution is -2.29. The molecule has 0 heterocycles. The second kappa shape index (κ2) is 14.2. The van der Waals surface area contributed by atoms with E-state index in [1.165, 1.54) is 6.92 Å². The highest BCUT2D eigenvalue weighted by Crippen LogP contribution is 2.65. The van der Waals surface area contributed by atoms with Crippen LogP contribution in [0.3, 0.4) is 0 Å². The largest absolute Gasteiger partial charge is 0.399 e. The van der Waals surface area contributed by atoms with E-state index < -0.39 is 19.2 Å². The summed E-state index contributed by atoms with van der Waals surface area (Å²) in [6, 6.07) is 0. The molecule has 5 nitrogen and oxygen atoms in total. The van der Waals surface area contributed by atoms with Gasteiger partial charge in [0.1, 0.15) is 0 Å². The fraction of sp³-hybridized carbons (Fsp3) is 0.895. The van der Waals surface area contributed by atoms with Gasteiger partial charge in [0.05, 0.1) is 13.2 Å². The monoisotopic (exact) mass is 476 g/mol. The Balaban J connectivity index is 4.81. The molecule has 0 rings (SSSR count). The first-order valence-corrected chi connectivity index (χ1v) is 13.4. The lowest BCUT2D eigenvalue weighted by Gasteiger charge is -2.30. The van der Waals surface area contributed by atoms with Gasteiger partial charge in [0, 0.05) is 30.3 Å². The Morgan fingerprint density at radius 1 is 0.897 bits per heavy atom. The lowest BCUT2D eigenvalue weighted by molar-refractivity contribution is -0.112. The zero-order valence-electron chi connectivity index (χ0n) is 18.2. The summed E-state index contributed by atoms with van der Waals surface area (Å²) < 4.78 is 52.5. The highest BCUT2D eigenvalue weighted by Gasteiger charge is 2.56. The first-order chi connectivity index (χ1) is 13.4. The second-order valence-electron chi connectivity index (χ2n) is 7.70. The summed E-state index contributed by atoms with van der Waals surface area (Å²) >= 11 is 1.95. The number of hydrogen-bond donors (Lipinski definition) is 0. The van der Waals surface area contributed by atoms with E-state index in [1.54, 1.807) is 6.92 Å². The van der Waals surface area contributed by atoms with Gasteiger partial charge < -0.3 is 9.05 Å². The first kappa shape index (κ1) is 29.1. The van der Waals surface area contributed by atoms with Gasteiger partial charge in [0.2, 0.25) is 0 Å². The quantitative estimate of drug-likeness (QED) is 0.198. The van der Waals surface area contributed by atoms with E-state index in [0.29, 0.717) is 12.8 Å². The van der Waals surface area contributed by atoms with Crippen LogP contribution >= 0.6 is 31.1 Å². The third kappa shape index (κ3) is 11.3. The van der Waals surface area contributed by atoms with Gasteiger partial charge in [-0.25, -0.2) is 0 Å². The molecule has 0 N–H and O–H groups in total. The zero-order chi connectivity index (χ0) is 22.7. The van der Waals surface area contributed by atoms with E-state index in [0.717, 1.165) is 23.5 Å². The van der Waals surface area contributed by atoms with Gasteiger partial charge in [0.25, 0.3) is 0 Å². The molecule has 0 aromatic heterocycles. The van der Waals surface area contributed by atoms with E-state index in [1.807, 2.05) is 27.7 Å². The maximum absolute atomic E-state index is 14.7. The molecule has 0 bridgehead atoms. The molecule has 29 heavy (non-hydrogen) atoms. The zero-order valence-corrected chi connectivity index (χ0v) is 20.8. The van der Waals surface area contributed by atoms with Crippen LogP contribution < -0.4 is 0 Å². The standard InChI is InChI=1S/C19H35F2O5PS2/c1-7-16(6)19(20,21)27(24,25-8-10-28-17(22)12-14(2)3)26-9-11-29-18(23)13-15(4)5/h14-16H,7-13H2,1-6H3. The van der Waals surface area contributed by atoms with Gasteiger partial charge in [-0.15, -0.1) is 0 Å². The summed E-state index contributed by atoms with van der Waals surface area (Å²) in [5.74, 6) is -0.542. The highest BCUT2D eigenvalue weighted by molar-refractivity contribution is 8.13. The molecule has 0 spiro atoms. The third-order valence-electron chi connectivity index (χ3n) is 3.94. The SMILES string of the molecule is CCC(C)C(F)(F)P(=O)(OCCSC(=O)CC(C)C)OCCSC(=O)CC(C)C. The predicted molar refractivity (Wildman–Crippen MR) is 118 cm³/mol. The predicted octanol–water partition coefficient (Wildman–Crippen LogP) is 6.46. The molecule has 0 amide bonds. The molecule has 1 atom stereocenters. The van der Waals surface area contributed by atoms with Crippen molar-refractivity contribution in [3.8, 4) is 0 Å². The Morgan fingerprint density at radius 2 is 1.28 bits per heavy atom. The fourth-order valence-electron chi connectivity index (χ4n) is 2.14. The van der Waals surface area contributed by atoms with E-state index in [4.69, 9.17) is 9.05 Å². The van der Waals surface area contributed by atoms with Crippen LogP contribution in [0.2, 0.25) is 0 Å². The molecule has 0 saturated carbocycles. The van der Waals surface area contributed by atoms with Crippen LogP contribution in [0.15, 0.2) is 0 Å². The minimum Gasteiger partial charge on any atom is -0.304 e. The summed E-state index contributed by atoms with van der Waals surface area (Å²) in [6.45, 7) is 9.95. The molecular weight excluding hydrogens is 441 g/mol. The van der Waals surface area contributed by atoms with E-state index in [-0.39, 0.29) is 53.2 Å². The Morgan fingerprint density at radius 3 is 1.59 bits per heavy atom. The molecule has 0 aliphatic rings. The van der Waals surface area contributed by atoms with Gasteiger partial charge in [-0.3, -0.25) is 14.2 Å². The van der Waals surface area contributed by atoms with Gasteiger partial charge in [-0.1, -0.05) is 65.1 Å². The number of thioether (sulfide) groups is 2. The molecule has 0 aliphatic heterocycles. The van der Waals surface area contributed by atoms with Gasteiger partial charge >= 0.3 is 13.3 Å². The van der Waals surface area contributed by atoms with Crippen molar-refractivity contribution < 1.29 is 32.0 Å². The topological polar surface area (TPSA) is 69.7 Å². The minimum absolute atomic E-state index is 0.0619. The fourth-order valence-corrected chi connectivity index (χ4v) is 5.88. The molecule has 172 valence electrons. The minimum atomic E-state index is -4.75. The Labute approximate surface area is 182 Å². The van der Waals surface area contributed by atoms with E-state index >= 15 is 0 Å². The van der Waals surface area contributed by atoms with E-state index in [2.05, 4.69) is 0 Å². The van der Waals surface area contributed by atoms with Gasteiger partial charge in [0.15, 0.2) is 10.2 Å². The van der Waals surface area contributed by atoms with Crippen molar-refractivity contribution in [1.29, 1.82) is 0 Å². The van der Waals surface area contributed by atoms with Crippen molar-refractivity contribution in [3.05, 3.63) is 0 Å². The summed E-state index contributed by atoms with van der Waals surface area (Å²) in [6.07, 6.45) is 0.861. The Hall–Kier alpha value is 0.0500. The van der Waals surface area contributed by atoms with Crippen molar-refractivity contribution in [3.63, 3.8) is 0 Å². The van der Waals surface area contributed by atoms with Crippen LogP contribution in [0.1, 0.15) is 60.8 Å². The molecule has 10 heteroatoms. The van der Waals surface area contributed by atoms with Crippen LogP contribution in [0.5, 0.6) is 0 Å². The number of rotatable bonds is 15. The normalized spacial score (nSPS) is 13.9. The van der Waals surface area contributed by atoms with Crippen LogP contribution in [-0.4, -0.2) is 40.6 Å². The number of alkyl halides is 2. The molecule has 0 saturated heterocycles. The van der Waals surface area contributed by atoms with Crippen molar-refractivity contribution >= 4 is 41.4 Å². The maximum Gasteiger partial charge on any atom is 0.399 e. The van der Waals surface area contributed by atoms with Gasteiger partial charge in [-0.2, -0.15) is 8.78 Å². The number of hydrogen-bond acceptors (Lipinski definition) is 7. The smallest absolute Gasteiger partial charge is 0.304 e. The first-order valence-electron chi connectivity index (χ1n) is 9.93. The second-order valence-corrected chi connectivity index (χ2v) is 12.1. The Bertz CT molecular complexity index is 525. The lowest BCUT2D eigenvalue weighted by atomic mass is 10.1. The summed E-state index contributed by atoms with van der Waals surface area (Å²) in [7, 11) is -4.75.